The number of carboxylic acid groups (broad SMARTS) is 1. The number of H-pyrrole nitrogens is 1. The summed E-state index contributed by atoms with van der Waals surface area (Å²) >= 11 is 6.36. The number of alkyl halides is 3. The van der Waals surface area contributed by atoms with Crippen LogP contribution in [0.1, 0.15) is 11.6 Å². The molecule has 1 heterocycles. The Balaban J connectivity index is 0.000000616. The van der Waals surface area contributed by atoms with Crippen molar-refractivity contribution in [3.63, 3.8) is 0 Å². The molecule has 0 aliphatic rings. The van der Waals surface area contributed by atoms with Gasteiger partial charge in [0.2, 0.25) is 10.0 Å². The molecule has 224 valence electrons. The van der Waals surface area contributed by atoms with Gasteiger partial charge in [-0.05, 0) is 50.0 Å². The molecule has 0 bridgehead atoms. The molecule has 2 N–H and O–H groups in total. The van der Waals surface area contributed by atoms with Crippen molar-refractivity contribution in [1.82, 2.24) is 18.8 Å². The van der Waals surface area contributed by atoms with Crippen LogP contribution in [0.2, 0.25) is 5.02 Å². The molecule has 4 aromatic rings. The summed E-state index contributed by atoms with van der Waals surface area (Å²) in [6.07, 6.45) is -5.08. The van der Waals surface area contributed by atoms with Gasteiger partial charge >= 0.3 is 17.8 Å². The third-order valence-electron chi connectivity index (χ3n) is 6.04. The molecule has 1 unspecified atom stereocenters. The molecule has 10 nitrogen and oxygen atoms in total. The monoisotopic (exact) mass is 626 g/mol. The molecule has 0 spiro atoms. The zero-order chi connectivity index (χ0) is 31.4. The van der Waals surface area contributed by atoms with Crippen LogP contribution in [-0.4, -0.2) is 72.1 Å². The first-order chi connectivity index (χ1) is 19.6. The van der Waals surface area contributed by atoms with Crippen molar-refractivity contribution >= 4 is 38.5 Å². The lowest BCUT2D eigenvalue weighted by molar-refractivity contribution is -0.192. The predicted molar refractivity (Wildman–Crippen MR) is 152 cm³/mol. The van der Waals surface area contributed by atoms with Gasteiger partial charge in [0.25, 0.3) is 5.56 Å². The first-order valence-electron chi connectivity index (χ1n) is 12.1. The number of nitrogens with one attached hydrogen (secondary N) is 1. The fraction of sp³-hybridized carbons (Fsp3) is 0.222. The predicted octanol–water partition coefficient (Wildman–Crippen LogP) is 3.89. The molecule has 0 saturated heterocycles. The summed E-state index contributed by atoms with van der Waals surface area (Å²) in [5.41, 5.74) is -0.101. The number of hydrogen-bond acceptors (Lipinski definition) is 6. The molecule has 0 saturated carbocycles. The number of nitrogens with zero attached hydrogens (tertiary/aromatic N) is 3. The third kappa shape index (κ3) is 7.26. The highest BCUT2D eigenvalue weighted by atomic mass is 35.5. The van der Waals surface area contributed by atoms with Crippen LogP contribution in [0.5, 0.6) is 0 Å². The molecule has 0 amide bonds. The van der Waals surface area contributed by atoms with Crippen molar-refractivity contribution in [2.75, 3.05) is 27.7 Å². The smallest absolute Gasteiger partial charge is 0.475 e. The van der Waals surface area contributed by atoms with E-state index in [0.29, 0.717) is 12.1 Å². The largest absolute Gasteiger partial charge is 0.490 e. The van der Waals surface area contributed by atoms with E-state index < -0.39 is 39.5 Å². The molecule has 0 fully saturated rings. The molecular weight excluding hydrogens is 601 g/mol. The van der Waals surface area contributed by atoms with Crippen LogP contribution in [0.15, 0.2) is 87.3 Å². The van der Waals surface area contributed by atoms with Gasteiger partial charge in [0.15, 0.2) is 0 Å². The third-order valence-corrected chi connectivity index (χ3v) is 8.23. The maximum atomic E-state index is 13.7. The summed E-state index contributed by atoms with van der Waals surface area (Å²) in [7, 11) is 1.23. The number of aromatic amines is 1. The van der Waals surface area contributed by atoms with Crippen LogP contribution in [0.3, 0.4) is 0 Å². The van der Waals surface area contributed by atoms with Crippen molar-refractivity contribution in [3.05, 3.63) is 104 Å². The standard InChI is InChI=1S/C25H25ClN4O4S.C2HF3O2/c1-28(2)16-23(17-9-5-4-6-10-17)29(3)35(33,34)18-13-14-20(26)22(15-18)30-24(31)19-11-7-8-12-21(19)27-25(30)32;3-2(4,5)1(6)7/h4-15,23H,16H2,1-3H3,(H,27,32);(H,6,7). The van der Waals surface area contributed by atoms with Crippen LogP contribution < -0.4 is 11.2 Å². The molecule has 0 aliphatic heterocycles. The zero-order valence-electron chi connectivity index (χ0n) is 22.5. The van der Waals surface area contributed by atoms with Crippen molar-refractivity contribution < 1.29 is 31.5 Å². The van der Waals surface area contributed by atoms with Crippen molar-refractivity contribution in [2.45, 2.75) is 17.1 Å². The lowest BCUT2D eigenvalue weighted by atomic mass is 10.1. The Kier molecular flexibility index (Phi) is 9.99. The first kappa shape index (κ1) is 32.5. The molecule has 1 aromatic heterocycles. The number of likely N-dealkylation sites (N-methyl/N-ethyl adjacent to an activating group) is 2. The topological polar surface area (TPSA) is 133 Å². The molecule has 15 heteroatoms. The molecule has 0 radical (unpaired) electrons. The maximum absolute atomic E-state index is 13.7. The lowest BCUT2D eigenvalue weighted by Gasteiger charge is -2.30. The fourth-order valence-electron chi connectivity index (χ4n) is 3.99. The van der Waals surface area contributed by atoms with E-state index in [4.69, 9.17) is 21.5 Å². The Bertz CT molecular complexity index is 1810. The number of fused-ring (bicyclic) bond motifs is 1. The molecule has 3 aromatic carbocycles. The van der Waals surface area contributed by atoms with Crippen LogP contribution in [0, 0.1) is 0 Å². The van der Waals surface area contributed by atoms with Crippen LogP contribution in [-0.2, 0) is 14.8 Å². The highest BCUT2D eigenvalue weighted by Crippen LogP contribution is 2.29. The quantitative estimate of drug-likeness (QED) is 0.318. The Morgan fingerprint density at radius 2 is 1.57 bits per heavy atom. The summed E-state index contributed by atoms with van der Waals surface area (Å²) in [6, 6.07) is 19.5. The van der Waals surface area contributed by atoms with E-state index >= 15 is 0 Å². The molecular formula is C27H26ClF3N4O6S. The average molecular weight is 627 g/mol. The number of sulfonamides is 1. The van der Waals surface area contributed by atoms with Gasteiger partial charge < -0.3 is 15.0 Å². The van der Waals surface area contributed by atoms with Crippen molar-refractivity contribution in [1.29, 1.82) is 0 Å². The van der Waals surface area contributed by atoms with Crippen molar-refractivity contribution in [2.24, 2.45) is 0 Å². The highest BCUT2D eigenvalue weighted by molar-refractivity contribution is 7.89. The van der Waals surface area contributed by atoms with E-state index in [2.05, 4.69) is 4.98 Å². The average Bonchev–Trinajstić information content (AvgIpc) is 2.92. The van der Waals surface area contributed by atoms with Crippen molar-refractivity contribution in [3.8, 4) is 5.69 Å². The second-order valence-corrected chi connectivity index (χ2v) is 11.6. The number of hydrogen-bond donors (Lipinski definition) is 2. The van der Waals surface area contributed by atoms with E-state index in [1.807, 2.05) is 49.3 Å². The summed E-state index contributed by atoms with van der Waals surface area (Å²) in [5, 5.41) is 7.48. The normalized spacial score (nSPS) is 12.7. The van der Waals surface area contributed by atoms with Gasteiger partial charge in [0, 0.05) is 13.6 Å². The van der Waals surface area contributed by atoms with E-state index in [0.717, 1.165) is 10.1 Å². The second kappa shape index (κ2) is 12.9. The lowest BCUT2D eigenvalue weighted by Crippen LogP contribution is -2.37. The van der Waals surface area contributed by atoms with Gasteiger partial charge in [-0.15, -0.1) is 0 Å². The van der Waals surface area contributed by atoms with Gasteiger partial charge in [0.05, 0.1) is 32.6 Å². The summed E-state index contributed by atoms with van der Waals surface area (Å²) in [5.74, 6) is -2.76. The molecule has 42 heavy (non-hydrogen) atoms. The second-order valence-electron chi connectivity index (χ2n) is 9.24. The first-order valence-corrected chi connectivity index (χ1v) is 13.9. The fourth-order valence-corrected chi connectivity index (χ4v) is 5.55. The molecule has 0 aliphatic carbocycles. The minimum absolute atomic E-state index is 0.0120. The van der Waals surface area contributed by atoms with Crippen LogP contribution in [0.4, 0.5) is 13.2 Å². The zero-order valence-corrected chi connectivity index (χ0v) is 24.0. The van der Waals surface area contributed by atoms with E-state index in [9.17, 15) is 31.2 Å². The minimum atomic E-state index is -5.08. The number of carboxylic acids is 1. The van der Waals surface area contributed by atoms with Crippen LogP contribution >= 0.6 is 11.6 Å². The van der Waals surface area contributed by atoms with Gasteiger partial charge in [0.1, 0.15) is 0 Å². The molecule has 1 atom stereocenters. The Morgan fingerprint density at radius 1 is 1.00 bits per heavy atom. The number of rotatable bonds is 7. The Hall–Kier alpha value is -3.98. The number of benzene rings is 3. The SMILES string of the molecule is CN(C)CC(c1ccccc1)N(C)S(=O)(=O)c1ccc(Cl)c(-n2c(=O)[nH]c3ccccc3c2=O)c1.O=C(O)C(F)(F)F. The minimum Gasteiger partial charge on any atom is -0.475 e. The van der Waals surface area contributed by atoms with Gasteiger partial charge in [-0.25, -0.2) is 22.6 Å². The number of carbonyl (C=O) groups is 1. The summed E-state index contributed by atoms with van der Waals surface area (Å²) in [4.78, 5) is 39.3. The maximum Gasteiger partial charge on any atom is 0.490 e. The van der Waals surface area contributed by atoms with Gasteiger partial charge in [-0.1, -0.05) is 54.1 Å². The molecule has 4 rings (SSSR count). The van der Waals surface area contributed by atoms with Gasteiger partial charge in [-0.2, -0.15) is 17.5 Å². The Morgan fingerprint density at radius 3 is 2.14 bits per heavy atom. The Labute approximate surface area is 243 Å². The summed E-state index contributed by atoms with van der Waals surface area (Å²) < 4.78 is 61.3. The number of aromatic nitrogens is 2. The number of aliphatic carboxylic acids is 1. The van der Waals surface area contributed by atoms with Gasteiger partial charge in [-0.3, -0.25) is 4.79 Å². The highest BCUT2D eigenvalue weighted by Gasteiger charge is 2.38. The van der Waals surface area contributed by atoms with E-state index in [-0.39, 0.29) is 21.0 Å². The van der Waals surface area contributed by atoms with Crippen LogP contribution in [0.25, 0.3) is 16.6 Å². The summed E-state index contributed by atoms with van der Waals surface area (Å²) in [6.45, 7) is 0.448. The number of para-hydroxylation sites is 1. The van der Waals surface area contributed by atoms with E-state index in [1.54, 1.807) is 24.3 Å². The van der Waals surface area contributed by atoms with E-state index in [1.165, 1.54) is 29.6 Å². The number of halogens is 4.